The fourth-order valence-electron chi connectivity index (χ4n) is 5.45. The summed E-state index contributed by atoms with van der Waals surface area (Å²) in [4.78, 5) is 36.7. The minimum Gasteiger partial charge on any atom is -0.463 e. The van der Waals surface area contributed by atoms with Crippen LogP contribution in [0.1, 0.15) is 35.3 Å². The molecule has 0 saturated carbocycles. The second-order valence-corrected chi connectivity index (χ2v) is 10.8. The second-order valence-electron chi connectivity index (χ2n) is 9.75. The van der Waals surface area contributed by atoms with Crippen LogP contribution in [-0.2, 0) is 9.53 Å². The zero-order valence-electron chi connectivity index (χ0n) is 22.3. The van der Waals surface area contributed by atoms with Gasteiger partial charge in [0.05, 0.1) is 28.5 Å². The lowest BCUT2D eigenvalue weighted by molar-refractivity contribution is -0.138. The fraction of sp³-hybridized carbons (Fsp3) is 0.156. The fourth-order valence-corrected chi connectivity index (χ4v) is 6.44. The summed E-state index contributed by atoms with van der Waals surface area (Å²) in [5.74, 6) is 0.640. The molecule has 3 aromatic carbocycles. The third-order valence-corrected chi connectivity index (χ3v) is 8.29. The Bertz CT molecular complexity index is 2050. The van der Waals surface area contributed by atoms with Crippen LogP contribution in [0.15, 0.2) is 88.2 Å². The normalized spacial score (nSPS) is 16.1. The highest BCUT2D eigenvalue weighted by molar-refractivity contribution is 7.07. The number of aryl methyl sites for hydroxylation is 1. The van der Waals surface area contributed by atoms with Gasteiger partial charge in [0.2, 0.25) is 6.79 Å². The molecule has 2 aliphatic rings. The molecule has 0 amide bonds. The van der Waals surface area contributed by atoms with Crippen molar-refractivity contribution >= 4 is 40.0 Å². The van der Waals surface area contributed by atoms with Crippen molar-refractivity contribution in [3.05, 3.63) is 120 Å². The number of nitrogens with zero attached hydrogens (tertiary/aromatic N) is 2. The second kappa shape index (κ2) is 9.94. The third kappa shape index (κ3) is 4.17. The van der Waals surface area contributed by atoms with Crippen molar-refractivity contribution in [3.8, 4) is 11.5 Å². The van der Waals surface area contributed by atoms with Crippen LogP contribution in [-0.4, -0.2) is 28.9 Å². The summed E-state index contributed by atoms with van der Waals surface area (Å²) in [7, 11) is 0. The molecule has 5 aromatic rings. The summed E-state index contributed by atoms with van der Waals surface area (Å²) in [6.07, 6.45) is 1.91. The standard InChI is InChI=1S/C32H25N3O5S/c1-3-38-31(37)27-28(19-9-5-4-6-10-19)34-32-35(29(27)20-13-14-24-25(15-20)40-17-39-24)30(36)26(41-32)16-22-18(2)33-23-12-8-7-11-21(22)23/h4-16,29,33H,3,17H2,1-2H3/b26-16-/t29-/m0/s1. The van der Waals surface area contributed by atoms with Gasteiger partial charge in [0.25, 0.3) is 5.56 Å². The summed E-state index contributed by atoms with van der Waals surface area (Å²) in [6.45, 7) is 4.05. The smallest absolute Gasteiger partial charge is 0.338 e. The van der Waals surface area contributed by atoms with E-state index in [1.807, 2.05) is 79.7 Å². The van der Waals surface area contributed by atoms with Crippen molar-refractivity contribution in [1.29, 1.82) is 0 Å². The number of nitrogens with one attached hydrogen (secondary N) is 1. The number of carbonyl (C=O) groups excluding carboxylic acids is 1. The lowest BCUT2D eigenvalue weighted by atomic mass is 9.93. The van der Waals surface area contributed by atoms with Crippen molar-refractivity contribution in [2.45, 2.75) is 19.9 Å². The SMILES string of the molecule is CCOC(=O)C1=C(c2ccccc2)N=c2s/c(=C\c3c(C)[nH]c4ccccc34)c(=O)n2[C@H]1c1ccc2c(c1)OCO2. The lowest BCUT2D eigenvalue weighted by Crippen LogP contribution is -2.40. The Labute approximate surface area is 238 Å². The number of aromatic nitrogens is 2. The lowest BCUT2D eigenvalue weighted by Gasteiger charge is -2.26. The van der Waals surface area contributed by atoms with E-state index >= 15 is 0 Å². The third-order valence-electron chi connectivity index (χ3n) is 7.30. The zero-order valence-corrected chi connectivity index (χ0v) is 23.2. The molecule has 8 nitrogen and oxygen atoms in total. The van der Waals surface area contributed by atoms with Gasteiger partial charge < -0.3 is 19.2 Å². The number of thiazole rings is 1. The zero-order chi connectivity index (χ0) is 28.1. The van der Waals surface area contributed by atoms with Crippen LogP contribution in [0.3, 0.4) is 0 Å². The molecule has 0 fully saturated rings. The van der Waals surface area contributed by atoms with Gasteiger partial charge in [-0.3, -0.25) is 9.36 Å². The molecule has 7 rings (SSSR count). The number of H-pyrrole nitrogens is 1. The Morgan fingerprint density at radius 1 is 1.10 bits per heavy atom. The van der Waals surface area contributed by atoms with Crippen LogP contribution in [0.25, 0.3) is 22.7 Å². The molecule has 2 aromatic heterocycles. The van der Waals surface area contributed by atoms with Gasteiger partial charge in [-0.05, 0) is 43.7 Å². The van der Waals surface area contributed by atoms with Crippen molar-refractivity contribution in [2.75, 3.05) is 13.4 Å². The maximum Gasteiger partial charge on any atom is 0.338 e. The molecule has 2 aliphatic heterocycles. The number of hydrogen-bond donors (Lipinski definition) is 1. The van der Waals surface area contributed by atoms with E-state index < -0.39 is 12.0 Å². The van der Waals surface area contributed by atoms with E-state index in [1.165, 1.54) is 11.3 Å². The molecule has 0 aliphatic carbocycles. The predicted molar refractivity (Wildman–Crippen MR) is 157 cm³/mol. The molecule has 0 unspecified atom stereocenters. The number of benzene rings is 3. The number of aromatic amines is 1. The first kappa shape index (κ1) is 25.1. The molecule has 204 valence electrons. The molecule has 1 N–H and O–H groups in total. The van der Waals surface area contributed by atoms with E-state index in [1.54, 1.807) is 17.6 Å². The van der Waals surface area contributed by atoms with Gasteiger partial charge >= 0.3 is 5.97 Å². The molecular formula is C32H25N3O5S. The molecule has 0 saturated heterocycles. The summed E-state index contributed by atoms with van der Waals surface area (Å²) in [5, 5.41) is 1.03. The minimum atomic E-state index is -0.791. The summed E-state index contributed by atoms with van der Waals surface area (Å²) < 4.78 is 18.8. The van der Waals surface area contributed by atoms with Gasteiger partial charge in [-0.15, -0.1) is 0 Å². The van der Waals surface area contributed by atoms with Crippen LogP contribution in [0.5, 0.6) is 11.5 Å². The van der Waals surface area contributed by atoms with Gasteiger partial charge in [0, 0.05) is 27.7 Å². The molecule has 0 spiro atoms. The van der Waals surface area contributed by atoms with Crippen molar-refractivity contribution in [1.82, 2.24) is 9.55 Å². The number of ether oxygens (including phenoxy) is 3. The highest BCUT2D eigenvalue weighted by atomic mass is 32.1. The van der Waals surface area contributed by atoms with E-state index in [0.29, 0.717) is 37.7 Å². The molecule has 0 bridgehead atoms. The molecule has 1 atom stereocenters. The van der Waals surface area contributed by atoms with Crippen LogP contribution < -0.4 is 24.4 Å². The van der Waals surface area contributed by atoms with E-state index in [4.69, 9.17) is 19.2 Å². The monoisotopic (exact) mass is 563 g/mol. The van der Waals surface area contributed by atoms with Gasteiger partial charge in [-0.25, -0.2) is 9.79 Å². The van der Waals surface area contributed by atoms with Crippen LogP contribution in [0.4, 0.5) is 0 Å². The number of hydrogen-bond acceptors (Lipinski definition) is 7. The van der Waals surface area contributed by atoms with E-state index in [0.717, 1.165) is 27.7 Å². The number of carbonyl (C=O) groups is 1. The summed E-state index contributed by atoms with van der Waals surface area (Å²) >= 11 is 1.30. The van der Waals surface area contributed by atoms with Gasteiger partial charge in [0.15, 0.2) is 16.3 Å². The van der Waals surface area contributed by atoms with Gasteiger partial charge in [-0.2, -0.15) is 0 Å². The average molecular weight is 564 g/mol. The highest BCUT2D eigenvalue weighted by Gasteiger charge is 2.36. The quantitative estimate of drug-likeness (QED) is 0.319. The number of esters is 1. The molecule has 9 heteroatoms. The predicted octanol–water partition coefficient (Wildman–Crippen LogP) is 4.45. The van der Waals surface area contributed by atoms with Gasteiger partial charge in [0.1, 0.15) is 0 Å². The number of rotatable bonds is 5. The Kier molecular flexibility index (Phi) is 6.09. The van der Waals surface area contributed by atoms with Gasteiger partial charge in [-0.1, -0.05) is 65.9 Å². The molecule has 0 radical (unpaired) electrons. The Hall–Kier alpha value is -4.89. The Morgan fingerprint density at radius 3 is 2.71 bits per heavy atom. The largest absolute Gasteiger partial charge is 0.463 e. The number of para-hydroxylation sites is 1. The van der Waals surface area contributed by atoms with E-state index in [2.05, 4.69) is 4.98 Å². The van der Waals surface area contributed by atoms with Crippen molar-refractivity contribution < 1.29 is 19.0 Å². The summed E-state index contributed by atoms with van der Waals surface area (Å²) in [5.41, 5.74) is 4.87. The van der Waals surface area contributed by atoms with Crippen LogP contribution in [0.2, 0.25) is 0 Å². The maximum absolute atomic E-state index is 14.2. The first-order chi connectivity index (χ1) is 20.0. The molecule has 41 heavy (non-hydrogen) atoms. The first-order valence-corrected chi connectivity index (χ1v) is 14.1. The number of fused-ring (bicyclic) bond motifs is 3. The Morgan fingerprint density at radius 2 is 1.88 bits per heavy atom. The topological polar surface area (TPSA) is 94.9 Å². The maximum atomic E-state index is 14.2. The van der Waals surface area contributed by atoms with Crippen molar-refractivity contribution in [3.63, 3.8) is 0 Å². The van der Waals surface area contributed by atoms with Crippen molar-refractivity contribution in [2.24, 2.45) is 4.99 Å². The Balaban J connectivity index is 1.53. The first-order valence-electron chi connectivity index (χ1n) is 13.3. The minimum absolute atomic E-state index is 0.112. The van der Waals surface area contributed by atoms with E-state index in [-0.39, 0.29) is 19.0 Å². The van der Waals surface area contributed by atoms with Crippen LogP contribution in [0, 0.1) is 6.92 Å². The summed E-state index contributed by atoms with van der Waals surface area (Å²) in [6, 6.07) is 22.2. The van der Waals surface area contributed by atoms with Crippen LogP contribution >= 0.6 is 11.3 Å². The molecular weight excluding hydrogens is 538 g/mol. The van der Waals surface area contributed by atoms with E-state index in [9.17, 15) is 9.59 Å². The average Bonchev–Trinajstić information content (AvgIpc) is 3.68. The molecule has 4 heterocycles. The highest BCUT2D eigenvalue weighted by Crippen LogP contribution is 2.40.